The molecular formula is C14H16N2OS. The lowest BCUT2D eigenvalue weighted by atomic mass is 10.1. The molecule has 4 heteroatoms. The third-order valence-corrected chi connectivity index (χ3v) is 3.59. The first kappa shape index (κ1) is 12.8. The quantitative estimate of drug-likeness (QED) is 0.918. The second-order valence-corrected chi connectivity index (χ2v) is 5.49. The second kappa shape index (κ2) is 5.78. The molecule has 0 bridgehead atoms. The Morgan fingerprint density at radius 2 is 2.06 bits per heavy atom. The van der Waals surface area contributed by atoms with Crippen molar-refractivity contribution in [3.8, 4) is 0 Å². The van der Waals surface area contributed by atoms with E-state index in [1.807, 2.05) is 6.20 Å². The van der Waals surface area contributed by atoms with Crippen LogP contribution in [-0.2, 0) is 17.8 Å². The van der Waals surface area contributed by atoms with Gasteiger partial charge in [0.25, 0.3) is 0 Å². The lowest BCUT2D eigenvalue weighted by Gasteiger charge is -1.99. The number of carbonyl (C=O) groups excluding carboxylic acids is 1. The summed E-state index contributed by atoms with van der Waals surface area (Å²) in [7, 11) is 0. The average molecular weight is 260 g/mol. The Balaban J connectivity index is 1.97. The summed E-state index contributed by atoms with van der Waals surface area (Å²) < 4.78 is 0. The third-order valence-electron chi connectivity index (χ3n) is 2.59. The van der Waals surface area contributed by atoms with Gasteiger partial charge in [0, 0.05) is 24.4 Å². The second-order valence-electron chi connectivity index (χ2n) is 4.29. The van der Waals surface area contributed by atoms with Crippen LogP contribution in [0.25, 0.3) is 0 Å². The Kier molecular flexibility index (Phi) is 4.10. The number of thiazole rings is 1. The number of carbonyl (C=O) groups is 1. The summed E-state index contributed by atoms with van der Waals surface area (Å²) in [6.07, 6.45) is 2.79. The molecule has 2 rings (SSSR count). The molecule has 1 heterocycles. The van der Waals surface area contributed by atoms with E-state index in [2.05, 4.69) is 41.5 Å². The van der Waals surface area contributed by atoms with E-state index in [9.17, 15) is 4.79 Å². The number of aromatic nitrogens is 1. The number of hydrogen-bond acceptors (Lipinski definition) is 3. The van der Waals surface area contributed by atoms with E-state index in [-0.39, 0.29) is 5.91 Å². The van der Waals surface area contributed by atoms with E-state index >= 15 is 0 Å². The van der Waals surface area contributed by atoms with Gasteiger partial charge in [-0.05, 0) is 12.5 Å². The van der Waals surface area contributed by atoms with Crippen molar-refractivity contribution in [2.75, 3.05) is 0 Å². The number of aryl methyl sites for hydroxylation is 1. The highest BCUT2D eigenvalue weighted by atomic mass is 32.1. The Morgan fingerprint density at radius 3 is 2.72 bits per heavy atom. The zero-order valence-corrected chi connectivity index (χ0v) is 11.4. The number of rotatable bonds is 4. The van der Waals surface area contributed by atoms with E-state index in [1.54, 1.807) is 11.3 Å². The highest BCUT2D eigenvalue weighted by molar-refractivity contribution is 7.11. The molecule has 3 nitrogen and oxygen atoms in total. The van der Waals surface area contributed by atoms with Crippen LogP contribution in [0.1, 0.15) is 27.9 Å². The van der Waals surface area contributed by atoms with Crippen molar-refractivity contribution in [2.24, 2.45) is 0 Å². The highest BCUT2D eigenvalue weighted by Crippen LogP contribution is 2.17. The number of nitrogens with zero attached hydrogens (tertiary/aromatic N) is 1. The van der Waals surface area contributed by atoms with Crippen molar-refractivity contribution in [1.29, 1.82) is 0 Å². The van der Waals surface area contributed by atoms with Crippen molar-refractivity contribution in [3.63, 3.8) is 0 Å². The maximum atomic E-state index is 10.8. The molecule has 0 aliphatic carbocycles. The van der Waals surface area contributed by atoms with Crippen molar-refractivity contribution in [3.05, 3.63) is 51.5 Å². The normalized spacial score (nSPS) is 10.3. The van der Waals surface area contributed by atoms with Gasteiger partial charge in [0.05, 0.1) is 6.54 Å². The lowest BCUT2D eigenvalue weighted by molar-refractivity contribution is -0.119. The average Bonchev–Trinajstić information content (AvgIpc) is 2.77. The van der Waals surface area contributed by atoms with Crippen LogP contribution in [0.3, 0.4) is 0 Å². The molecule has 2 aromatic rings. The topological polar surface area (TPSA) is 42.0 Å². The molecule has 1 amide bonds. The van der Waals surface area contributed by atoms with Crippen LogP contribution < -0.4 is 5.32 Å². The maximum Gasteiger partial charge on any atom is 0.217 e. The molecule has 0 saturated heterocycles. The fourth-order valence-electron chi connectivity index (χ4n) is 1.62. The van der Waals surface area contributed by atoms with Crippen LogP contribution in [-0.4, -0.2) is 10.9 Å². The number of nitrogens with one attached hydrogen (secondary N) is 1. The summed E-state index contributed by atoms with van der Waals surface area (Å²) in [4.78, 5) is 16.3. The minimum atomic E-state index is -0.0229. The Labute approximate surface area is 111 Å². The molecule has 0 atom stereocenters. The zero-order valence-electron chi connectivity index (χ0n) is 10.6. The lowest BCUT2D eigenvalue weighted by Crippen LogP contribution is -2.18. The van der Waals surface area contributed by atoms with Gasteiger partial charge in [0.15, 0.2) is 0 Å². The molecular weight excluding hydrogens is 244 g/mol. The predicted molar refractivity (Wildman–Crippen MR) is 73.6 cm³/mol. The van der Waals surface area contributed by atoms with Gasteiger partial charge in [0.2, 0.25) is 5.91 Å². The molecule has 0 aliphatic heterocycles. The minimum Gasteiger partial charge on any atom is -0.350 e. The molecule has 18 heavy (non-hydrogen) atoms. The van der Waals surface area contributed by atoms with Gasteiger partial charge >= 0.3 is 0 Å². The monoisotopic (exact) mass is 260 g/mol. The van der Waals surface area contributed by atoms with Crippen molar-refractivity contribution >= 4 is 17.2 Å². The Morgan fingerprint density at radius 1 is 1.33 bits per heavy atom. The first-order valence-corrected chi connectivity index (χ1v) is 6.68. The van der Waals surface area contributed by atoms with Crippen LogP contribution in [0.2, 0.25) is 0 Å². The molecule has 0 radical (unpaired) electrons. The first-order valence-electron chi connectivity index (χ1n) is 5.87. The molecule has 94 valence electrons. The summed E-state index contributed by atoms with van der Waals surface area (Å²) >= 11 is 1.65. The summed E-state index contributed by atoms with van der Waals surface area (Å²) in [5.41, 5.74) is 2.56. The molecule has 0 unspecified atom stereocenters. The van der Waals surface area contributed by atoms with Gasteiger partial charge in [-0.25, -0.2) is 4.98 Å². The smallest absolute Gasteiger partial charge is 0.217 e. The van der Waals surface area contributed by atoms with Crippen LogP contribution in [0, 0.1) is 6.92 Å². The van der Waals surface area contributed by atoms with Gasteiger partial charge < -0.3 is 5.32 Å². The number of hydrogen-bond donors (Lipinski definition) is 1. The largest absolute Gasteiger partial charge is 0.350 e. The van der Waals surface area contributed by atoms with Crippen molar-refractivity contribution in [2.45, 2.75) is 26.8 Å². The van der Waals surface area contributed by atoms with Gasteiger partial charge in [-0.2, -0.15) is 0 Å². The van der Waals surface area contributed by atoms with Crippen LogP contribution in [0.4, 0.5) is 0 Å². The minimum absolute atomic E-state index is 0.0229. The van der Waals surface area contributed by atoms with Crippen molar-refractivity contribution < 1.29 is 4.79 Å². The van der Waals surface area contributed by atoms with Gasteiger partial charge in [-0.3, -0.25) is 4.79 Å². The van der Waals surface area contributed by atoms with Crippen molar-refractivity contribution in [1.82, 2.24) is 10.3 Å². The number of benzene rings is 1. The molecule has 1 N–H and O–H groups in total. The Hall–Kier alpha value is -1.68. The van der Waals surface area contributed by atoms with Gasteiger partial charge in [-0.15, -0.1) is 11.3 Å². The summed E-state index contributed by atoms with van der Waals surface area (Å²) in [5, 5.41) is 3.71. The van der Waals surface area contributed by atoms with Crippen LogP contribution >= 0.6 is 11.3 Å². The highest BCUT2D eigenvalue weighted by Gasteiger charge is 2.03. The molecule has 0 spiro atoms. The van der Waals surface area contributed by atoms with E-state index in [4.69, 9.17) is 0 Å². The standard InChI is InChI=1S/C14H16N2OS/c1-10-3-5-12(6-4-10)7-13-8-16-14(18-13)9-15-11(2)17/h3-6,8H,7,9H2,1-2H3,(H,15,17). The molecule has 0 saturated carbocycles. The van der Waals surface area contributed by atoms with E-state index in [0.717, 1.165) is 11.4 Å². The van der Waals surface area contributed by atoms with Gasteiger partial charge in [-0.1, -0.05) is 29.8 Å². The van der Waals surface area contributed by atoms with Gasteiger partial charge in [0.1, 0.15) is 5.01 Å². The summed E-state index contributed by atoms with van der Waals surface area (Å²) in [6.45, 7) is 4.12. The Bertz CT molecular complexity index is 531. The van der Waals surface area contributed by atoms with E-state index < -0.39 is 0 Å². The predicted octanol–water partition coefficient (Wildman–Crippen LogP) is 2.68. The zero-order chi connectivity index (χ0) is 13.0. The summed E-state index contributed by atoms with van der Waals surface area (Å²) in [6, 6.07) is 8.52. The van der Waals surface area contributed by atoms with E-state index in [1.165, 1.54) is 22.9 Å². The molecule has 0 fully saturated rings. The molecule has 1 aromatic carbocycles. The first-order chi connectivity index (χ1) is 8.63. The SMILES string of the molecule is CC(=O)NCc1ncc(Cc2ccc(C)cc2)s1. The van der Waals surface area contributed by atoms with E-state index in [0.29, 0.717) is 6.54 Å². The fraction of sp³-hybridized carbons (Fsp3) is 0.286. The maximum absolute atomic E-state index is 10.8. The van der Waals surface area contributed by atoms with Crippen LogP contribution in [0.5, 0.6) is 0 Å². The third kappa shape index (κ3) is 3.67. The summed E-state index contributed by atoms with van der Waals surface area (Å²) in [5.74, 6) is -0.0229. The molecule has 0 aliphatic rings. The molecule has 1 aromatic heterocycles. The van der Waals surface area contributed by atoms with Crippen LogP contribution in [0.15, 0.2) is 30.5 Å². The number of amides is 1. The fourth-order valence-corrected chi connectivity index (χ4v) is 2.52.